The van der Waals surface area contributed by atoms with Crippen molar-refractivity contribution in [1.82, 2.24) is 4.31 Å². The standard InChI is InChI=1S/C11H14FNO3S/c1-9-8-13(6-7-16-9)17(14,15)11-4-2-10(12)3-5-11/h2-5,9H,6-8H2,1H3. The normalized spacial score (nSPS) is 22.6. The van der Waals surface area contributed by atoms with E-state index in [1.54, 1.807) is 0 Å². The smallest absolute Gasteiger partial charge is 0.243 e. The minimum atomic E-state index is -3.53. The van der Waals surface area contributed by atoms with Crippen LogP contribution in [-0.4, -0.2) is 38.5 Å². The van der Waals surface area contributed by atoms with E-state index in [9.17, 15) is 12.8 Å². The molecule has 0 radical (unpaired) electrons. The first-order valence-electron chi connectivity index (χ1n) is 5.37. The van der Waals surface area contributed by atoms with Crippen LogP contribution >= 0.6 is 0 Å². The first-order chi connectivity index (χ1) is 8.00. The predicted octanol–water partition coefficient (Wildman–Crippen LogP) is 1.24. The van der Waals surface area contributed by atoms with Gasteiger partial charge in [-0.2, -0.15) is 4.31 Å². The summed E-state index contributed by atoms with van der Waals surface area (Å²) in [6, 6.07) is 4.86. The summed E-state index contributed by atoms with van der Waals surface area (Å²) in [5.41, 5.74) is 0. The van der Waals surface area contributed by atoms with E-state index < -0.39 is 15.8 Å². The number of hydrogen-bond donors (Lipinski definition) is 0. The molecule has 1 aromatic carbocycles. The number of hydrogen-bond acceptors (Lipinski definition) is 3. The zero-order valence-corrected chi connectivity index (χ0v) is 10.3. The predicted molar refractivity (Wildman–Crippen MR) is 60.6 cm³/mol. The van der Waals surface area contributed by atoms with Crippen LogP contribution in [0, 0.1) is 5.82 Å². The van der Waals surface area contributed by atoms with Crippen molar-refractivity contribution in [3.05, 3.63) is 30.1 Å². The fourth-order valence-corrected chi connectivity index (χ4v) is 3.26. The van der Waals surface area contributed by atoms with E-state index in [2.05, 4.69) is 0 Å². The van der Waals surface area contributed by atoms with Crippen LogP contribution in [0.3, 0.4) is 0 Å². The third-order valence-electron chi connectivity index (χ3n) is 2.66. The van der Waals surface area contributed by atoms with Crippen molar-refractivity contribution in [2.24, 2.45) is 0 Å². The largest absolute Gasteiger partial charge is 0.376 e. The number of morpholine rings is 1. The van der Waals surface area contributed by atoms with Gasteiger partial charge < -0.3 is 4.74 Å². The topological polar surface area (TPSA) is 46.6 Å². The average Bonchev–Trinajstić information content (AvgIpc) is 2.29. The second kappa shape index (κ2) is 4.72. The molecule has 1 aliphatic heterocycles. The van der Waals surface area contributed by atoms with Crippen LogP contribution in [0.1, 0.15) is 6.92 Å². The summed E-state index contributed by atoms with van der Waals surface area (Å²) in [5, 5.41) is 0. The zero-order chi connectivity index (χ0) is 12.5. The second-order valence-corrected chi connectivity index (χ2v) is 5.94. The lowest BCUT2D eigenvalue weighted by Crippen LogP contribution is -2.44. The summed E-state index contributed by atoms with van der Waals surface area (Å²) < 4.78 is 43.8. The highest BCUT2D eigenvalue weighted by molar-refractivity contribution is 7.89. The summed E-state index contributed by atoms with van der Waals surface area (Å²) in [6.45, 7) is 2.89. The molecule has 1 unspecified atom stereocenters. The minimum Gasteiger partial charge on any atom is -0.376 e. The number of halogens is 1. The zero-order valence-electron chi connectivity index (χ0n) is 9.47. The Morgan fingerprint density at radius 1 is 1.35 bits per heavy atom. The molecule has 1 fully saturated rings. The molecule has 94 valence electrons. The first kappa shape index (κ1) is 12.5. The molecule has 1 aliphatic rings. The van der Waals surface area contributed by atoms with Gasteiger partial charge in [0.1, 0.15) is 5.82 Å². The Morgan fingerprint density at radius 2 is 2.00 bits per heavy atom. The minimum absolute atomic E-state index is 0.112. The fourth-order valence-electron chi connectivity index (χ4n) is 1.76. The molecule has 0 saturated carbocycles. The maximum Gasteiger partial charge on any atom is 0.243 e. The Morgan fingerprint density at radius 3 is 2.59 bits per heavy atom. The van der Waals surface area contributed by atoms with Crippen LogP contribution in [0.25, 0.3) is 0 Å². The molecule has 1 heterocycles. The average molecular weight is 259 g/mol. The van der Waals surface area contributed by atoms with Crippen LogP contribution in [0.5, 0.6) is 0 Å². The van der Waals surface area contributed by atoms with Crippen molar-refractivity contribution in [2.75, 3.05) is 19.7 Å². The molecule has 0 bridgehead atoms. The maximum atomic E-state index is 12.8. The summed E-state index contributed by atoms with van der Waals surface area (Å²) in [6.07, 6.45) is -0.112. The third kappa shape index (κ3) is 2.65. The van der Waals surface area contributed by atoms with Crippen LogP contribution in [0.4, 0.5) is 4.39 Å². The van der Waals surface area contributed by atoms with E-state index >= 15 is 0 Å². The van der Waals surface area contributed by atoms with Gasteiger partial charge in [-0.15, -0.1) is 0 Å². The lowest BCUT2D eigenvalue weighted by molar-refractivity contribution is 0.0102. The van der Waals surface area contributed by atoms with Crippen molar-refractivity contribution < 1.29 is 17.5 Å². The molecule has 0 amide bonds. The molecule has 1 aromatic rings. The SMILES string of the molecule is CC1CN(S(=O)(=O)c2ccc(F)cc2)CCO1. The Labute approximate surface area is 100 Å². The monoisotopic (exact) mass is 259 g/mol. The lowest BCUT2D eigenvalue weighted by Gasteiger charge is -2.30. The molecule has 0 N–H and O–H groups in total. The molecule has 1 atom stereocenters. The number of nitrogens with zero attached hydrogens (tertiary/aromatic N) is 1. The highest BCUT2D eigenvalue weighted by Gasteiger charge is 2.28. The molecular formula is C11H14FNO3S. The van der Waals surface area contributed by atoms with Crippen molar-refractivity contribution in [3.63, 3.8) is 0 Å². The van der Waals surface area contributed by atoms with Crippen LogP contribution in [-0.2, 0) is 14.8 Å². The van der Waals surface area contributed by atoms with Gasteiger partial charge >= 0.3 is 0 Å². The van der Waals surface area contributed by atoms with Gasteiger partial charge in [0.05, 0.1) is 17.6 Å². The summed E-state index contributed by atoms with van der Waals surface area (Å²) >= 11 is 0. The van der Waals surface area contributed by atoms with E-state index in [4.69, 9.17) is 4.74 Å². The number of sulfonamides is 1. The van der Waals surface area contributed by atoms with Crippen LogP contribution in [0.15, 0.2) is 29.2 Å². The highest BCUT2D eigenvalue weighted by atomic mass is 32.2. The van der Waals surface area contributed by atoms with Crippen LogP contribution < -0.4 is 0 Å². The van der Waals surface area contributed by atoms with Gasteiger partial charge in [0.2, 0.25) is 10.0 Å². The molecular weight excluding hydrogens is 245 g/mol. The number of benzene rings is 1. The Bertz CT molecular complexity index is 486. The molecule has 0 aromatic heterocycles. The van der Waals surface area contributed by atoms with Gasteiger partial charge in [-0.1, -0.05) is 0 Å². The van der Waals surface area contributed by atoms with Crippen molar-refractivity contribution in [3.8, 4) is 0 Å². The van der Waals surface area contributed by atoms with Gasteiger partial charge in [0, 0.05) is 13.1 Å². The van der Waals surface area contributed by atoms with Gasteiger partial charge in [0.15, 0.2) is 0 Å². The van der Waals surface area contributed by atoms with Crippen molar-refractivity contribution >= 4 is 10.0 Å². The van der Waals surface area contributed by atoms with Gasteiger partial charge in [-0.3, -0.25) is 0 Å². The van der Waals surface area contributed by atoms with E-state index in [0.29, 0.717) is 19.7 Å². The van der Waals surface area contributed by atoms with Crippen molar-refractivity contribution in [2.45, 2.75) is 17.9 Å². The summed E-state index contributed by atoms with van der Waals surface area (Å²) in [4.78, 5) is 0.119. The Balaban J connectivity index is 2.26. The Kier molecular flexibility index (Phi) is 3.46. The molecule has 1 saturated heterocycles. The second-order valence-electron chi connectivity index (χ2n) is 4.00. The van der Waals surface area contributed by atoms with Gasteiger partial charge in [-0.05, 0) is 31.2 Å². The van der Waals surface area contributed by atoms with Gasteiger partial charge in [-0.25, -0.2) is 12.8 Å². The van der Waals surface area contributed by atoms with Crippen LogP contribution in [0.2, 0.25) is 0 Å². The number of ether oxygens (including phenoxy) is 1. The van der Waals surface area contributed by atoms with E-state index in [-0.39, 0.29) is 11.0 Å². The molecule has 2 rings (SSSR count). The fraction of sp³-hybridized carbons (Fsp3) is 0.455. The highest BCUT2D eigenvalue weighted by Crippen LogP contribution is 2.18. The quantitative estimate of drug-likeness (QED) is 0.802. The molecule has 6 heteroatoms. The summed E-state index contributed by atoms with van der Waals surface area (Å²) in [7, 11) is -3.53. The lowest BCUT2D eigenvalue weighted by atomic mass is 10.3. The van der Waals surface area contributed by atoms with E-state index in [0.717, 1.165) is 12.1 Å². The molecule has 0 aliphatic carbocycles. The maximum absolute atomic E-state index is 12.8. The molecule has 0 spiro atoms. The molecule has 17 heavy (non-hydrogen) atoms. The third-order valence-corrected chi connectivity index (χ3v) is 4.53. The molecule has 4 nitrogen and oxygen atoms in total. The van der Waals surface area contributed by atoms with E-state index in [1.165, 1.54) is 16.4 Å². The Hall–Kier alpha value is -0.980. The number of rotatable bonds is 2. The van der Waals surface area contributed by atoms with Crippen molar-refractivity contribution in [1.29, 1.82) is 0 Å². The summed E-state index contributed by atoms with van der Waals surface area (Å²) in [5.74, 6) is -0.445. The van der Waals surface area contributed by atoms with E-state index in [1.807, 2.05) is 6.92 Å². The van der Waals surface area contributed by atoms with Gasteiger partial charge in [0.25, 0.3) is 0 Å². The first-order valence-corrected chi connectivity index (χ1v) is 6.81.